The van der Waals surface area contributed by atoms with Crippen molar-refractivity contribution in [2.45, 2.75) is 6.92 Å². The van der Waals surface area contributed by atoms with Crippen LogP contribution in [0.25, 0.3) is 5.57 Å². The summed E-state index contributed by atoms with van der Waals surface area (Å²) in [5.41, 5.74) is 1.69. The van der Waals surface area contributed by atoms with Gasteiger partial charge in [-0.15, -0.1) is 0 Å². The van der Waals surface area contributed by atoms with E-state index in [2.05, 4.69) is 0 Å². The topological polar surface area (TPSA) is 40.5 Å². The van der Waals surface area contributed by atoms with Crippen molar-refractivity contribution in [2.24, 2.45) is 0 Å². The maximum Gasteiger partial charge on any atom is 0.115 e. The van der Waals surface area contributed by atoms with Crippen LogP contribution in [0.15, 0.2) is 30.5 Å². The highest BCUT2D eigenvalue weighted by atomic mass is 16.3. The summed E-state index contributed by atoms with van der Waals surface area (Å²) in [5.74, 6) is 0.236. The molecule has 0 aromatic heterocycles. The zero-order valence-corrected chi connectivity index (χ0v) is 6.28. The van der Waals surface area contributed by atoms with Gasteiger partial charge >= 0.3 is 0 Å². The molecule has 0 bridgehead atoms. The van der Waals surface area contributed by atoms with E-state index in [1.807, 2.05) is 0 Å². The minimum Gasteiger partial charge on any atom is -0.515 e. The molecule has 1 rings (SSSR count). The predicted molar refractivity (Wildman–Crippen MR) is 44.4 cm³/mol. The first-order chi connectivity index (χ1) is 5.24. The molecule has 0 heterocycles. The molecule has 0 aliphatic carbocycles. The van der Waals surface area contributed by atoms with Crippen molar-refractivity contribution in [1.82, 2.24) is 0 Å². The third-order valence-electron chi connectivity index (χ3n) is 1.52. The van der Waals surface area contributed by atoms with Gasteiger partial charge in [-0.3, -0.25) is 0 Å². The minimum absolute atomic E-state index is 0.236. The Morgan fingerprint density at radius 3 is 2.27 bits per heavy atom. The number of hydrogen-bond donors (Lipinski definition) is 2. The molecule has 2 heteroatoms. The molecular weight excluding hydrogens is 140 g/mol. The van der Waals surface area contributed by atoms with Crippen LogP contribution in [-0.2, 0) is 0 Å². The molecule has 0 aliphatic heterocycles. The van der Waals surface area contributed by atoms with Crippen molar-refractivity contribution in [3.63, 3.8) is 0 Å². The molecule has 0 saturated heterocycles. The molecule has 0 amide bonds. The number of rotatable bonds is 1. The van der Waals surface area contributed by atoms with Gasteiger partial charge in [-0.25, -0.2) is 0 Å². The fourth-order valence-electron chi connectivity index (χ4n) is 0.799. The molecule has 1 aromatic carbocycles. The van der Waals surface area contributed by atoms with Crippen LogP contribution in [0.2, 0.25) is 0 Å². The van der Waals surface area contributed by atoms with Gasteiger partial charge in [0.05, 0.1) is 6.26 Å². The van der Waals surface area contributed by atoms with E-state index in [1.165, 1.54) is 0 Å². The maximum atomic E-state index is 8.93. The summed E-state index contributed by atoms with van der Waals surface area (Å²) >= 11 is 0. The number of aliphatic hydroxyl groups excluding tert-OH is 1. The second-order valence-electron chi connectivity index (χ2n) is 2.36. The van der Waals surface area contributed by atoms with Crippen LogP contribution in [0.1, 0.15) is 12.5 Å². The lowest BCUT2D eigenvalue weighted by Gasteiger charge is -1.98. The lowest BCUT2D eigenvalue weighted by Crippen LogP contribution is -1.77. The Morgan fingerprint density at radius 1 is 1.27 bits per heavy atom. The molecule has 58 valence electrons. The Morgan fingerprint density at radius 2 is 1.82 bits per heavy atom. The van der Waals surface area contributed by atoms with E-state index in [1.54, 1.807) is 31.2 Å². The number of phenols is 1. The number of aromatic hydroxyl groups is 1. The number of phenolic OH excluding ortho intramolecular Hbond substituents is 1. The number of allylic oxidation sites excluding steroid dienone is 1. The van der Waals surface area contributed by atoms with E-state index < -0.39 is 0 Å². The van der Waals surface area contributed by atoms with E-state index in [4.69, 9.17) is 10.2 Å². The molecule has 0 saturated carbocycles. The van der Waals surface area contributed by atoms with Gasteiger partial charge in [0.2, 0.25) is 0 Å². The van der Waals surface area contributed by atoms with Gasteiger partial charge in [0.15, 0.2) is 0 Å². The summed E-state index contributed by atoms with van der Waals surface area (Å²) in [6.07, 6.45) is 1.05. The predicted octanol–water partition coefficient (Wildman–Crippen LogP) is 2.31. The summed E-state index contributed by atoms with van der Waals surface area (Å²) in [7, 11) is 0. The van der Waals surface area contributed by atoms with E-state index >= 15 is 0 Å². The molecule has 11 heavy (non-hydrogen) atoms. The SMILES string of the molecule is CC(=CO)c1ccc(O)cc1. The Hall–Kier alpha value is -1.44. The van der Waals surface area contributed by atoms with Crippen LogP contribution in [0.3, 0.4) is 0 Å². The highest BCUT2D eigenvalue weighted by Crippen LogP contribution is 2.16. The van der Waals surface area contributed by atoms with Gasteiger partial charge in [-0.1, -0.05) is 12.1 Å². The first kappa shape index (κ1) is 7.66. The largest absolute Gasteiger partial charge is 0.515 e. The second-order valence-corrected chi connectivity index (χ2v) is 2.36. The van der Waals surface area contributed by atoms with Crippen molar-refractivity contribution >= 4 is 5.57 Å². The highest BCUT2D eigenvalue weighted by molar-refractivity contribution is 5.62. The van der Waals surface area contributed by atoms with Crippen molar-refractivity contribution in [3.8, 4) is 5.75 Å². The van der Waals surface area contributed by atoms with Gasteiger partial charge in [0.1, 0.15) is 5.75 Å². The third kappa shape index (κ3) is 1.74. The average molecular weight is 150 g/mol. The van der Waals surface area contributed by atoms with Crippen molar-refractivity contribution in [1.29, 1.82) is 0 Å². The standard InChI is InChI=1S/C9H10O2/c1-7(6-10)8-2-4-9(11)5-3-8/h2-6,10-11H,1H3. The van der Waals surface area contributed by atoms with Crippen LogP contribution in [0.5, 0.6) is 5.75 Å². The Kier molecular flexibility index (Phi) is 2.16. The van der Waals surface area contributed by atoms with Gasteiger partial charge in [-0.2, -0.15) is 0 Å². The van der Waals surface area contributed by atoms with Crippen LogP contribution in [-0.4, -0.2) is 10.2 Å². The van der Waals surface area contributed by atoms with Crippen molar-refractivity contribution in [2.75, 3.05) is 0 Å². The zero-order chi connectivity index (χ0) is 8.27. The van der Waals surface area contributed by atoms with Gasteiger partial charge < -0.3 is 10.2 Å². The third-order valence-corrected chi connectivity index (χ3v) is 1.52. The van der Waals surface area contributed by atoms with Gasteiger partial charge in [0, 0.05) is 0 Å². The van der Waals surface area contributed by atoms with Crippen molar-refractivity contribution < 1.29 is 10.2 Å². The summed E-state index contributed by atoms with van der Waals surface area (Å²) in [6.45, 7) is 1.80. The van der Waals surface area contributed by atoms with Gasteiger partial charge in [-0.05, 0) is 30.2 Å². The quantitative estimate of drug-likeness (QED) is 0.603. The number of hydrogen-bond acceptors (Lipinski definition) is 2. The lowest BCUT2D eigenvalue weighted by molar-refractivity contribution is 0.473. The summed E-state index contributed by atoms with van der Waals surface area (Å²) in [6, 6.07) is 6.67. The minimum atomic E-state index is 0.236. The first-order valence-corrected chi connectivity index (χ1v) is 3.34. The monoisotopic (exact) mass is 150 g/mol. The van der Waals surface area contributed by atoms with Gasteiger partial charge in [0.25, 0.3) is 0 Å². The number of benzene rings is 1. The fourth-order valence-corrected chi connectivity index (χ4v) is 0.799. The maximum absolute atomic E-state index is 8.93. The van der Waals surface area contributed by atoms with E-state index in [0.29, 0.717) is 0 Å². The summed E-state index contributed by atoms with van der Waals surface area (Å²) in [4.78, 5) is 0. The second kappa shape index (κ2) is 3.10. The average Bonchev–Trinajstić information content (AvgIpc) is 2.05. The Labute approximate surface area is 65.4 Å². The molecule has 1 aromatic rings. The Bertz CT molecular complexity index is 259. The normalized spacial score (nSPS) is 11.5. The molecule has 0 fully saturated rings. The van der Waals surface area contributed by atoms with E-state index in [9.17, 15) is 0 Å². The molecular formula is C9H10O2. The van der Waals surface area contributed by atoms with Crippen LogP contribution >= 0.6 is 0 Å². The van der Waals surface area contributed by atoms with Crippen LogP contribution < -0.4 is 0 Å². The molecule has 0 unspecified atom stereocenters. The molecule has 0 aliphatic rings. The molecule has 0 atom stereocenters. The first-order valence-electron chi connectivity index (χ1n) is 3.34. The van der Waals surface area contributed by atoms with E-state index in [-0.39, 0.29) is 5.75 Å². The summed E-state index contributed by atoms with van der Waals surface area (Å²) < 4.78 is 0. The molecule has 0 spiro atoms. The Balaban J connectivity index is 2.99. The fraction of sp³-hybridized carbons (Fsp3) is 0.111. The van der Waals surface area contributed by atoms with Crippen LogP contribution in [0, 0.1) is 0 Å². The molecule has 2 N–H and O–H groups in total. The number of aliphatic hydroxyl groups is 1. The lowest BCUT2D eigenvalue weighted by atomic mass is 10.1. The molecule has 0 radical (unpaired) electrons. The van der Waals surface area contributed by atoms with Crippen LogP contribution in [0.4, 0.5) is 0 Å². The van der Waals surface area contributed by atoms with Crippen molar-refractivity contribution in [3.05, 3.63) is 36.1 Å². The van der Waals surface area contributed by atoms with E-state index in [0.717, 1.165) is 17.4 Å². The summed E-state index contributed by atoms with van der Waals surface area (Å²) in [5, 5.41) is 17.6. The molecule has 2 nitrogen and oxygen atoms in total. The highest BCUT2D eigenvalue weighted by Gasteiger charge is 1.93. The smallest absolute Gasteiger partial charge is 0.115 e. The zero-order valence-electron chi connectivity index (χ0n) is 6.28.